The molecule has 29 heavy (non-hydrogen) atoms. The molecule has 0 unspecified atom stereocenters. The summed E-state index contributed by atoms with van der Waals surface area (Å²) in [7, 11) is 0. The van der Waals surface area contributed by atoms with Crippen molar-refractivity contribution >= 4 is 0 Å². The van der Waals surface area contributed by atoms with E-state index in [1.807, 2.05) is 25.1 Å². The van der Waals surface area contributed by atoms with E-state index in [1.54, 1.807) is 6.07 Å². The summed E-state index contributed by atoms with van der Waals surface area (Å²) in [6.07, 6.45) is -2.70. The molecule has 156 valence electrons. The van der Waals surface area contributed by atoms with Gasteiger partial charge >= 0.3 is 0 Å². The first-order valence-corrected chi connectivity index (χ1v) is 10.1. The minimum absolute atomic E-state index is 0.241. The second-order valence-corrected chi connectivity index (χ2v) is 8.19. The molecule has 1 aliphatic heterocycles. The Bertz CT molecular complexity index is 897. The van der Waals surface area contributed by atoms with Crippen LogP contribution >= 0.6 is 0 Å². The van der Waals surface area contributed by atoms with Crippen LogP contribution < -0.4 is 0 Å². The number of aliphatic hydroxyl groups is 4. The van der Waals surface area contributed by atoms with Gasteiger partial charge in [-0.2, -0.15) is 0 Å². The van der Waals surface area contributed by atoms with Crippen molar-refractivity contribution in [3.05, 3.63) is 69.5 Å². The summed E-state index contributed by atoms with van der Waals surface area (Å²) in [6.45, 7) is 1.39. The van der Waals surface area contributed by atoms with E-state index < -0.39 is 37.1 Å². The maximum absolute atomic E-state index is 14.4. The van der Waals surface area contributed by atoms with E-state index in [4.69, 9.17) is 4.74 Å². The van der Waals surface area contributed by atoms with Crippen molar-refractivity contribution in [3.63, 3.8) is 0 Å². The number of hydrogen-bond donors (Lipinski definition) is 4. The molecule has 6 heteroatoms. The summed E-state index contributed by atoms with van der Waals surface area (Å²) < 4.78 is 20.2. The van der Waals surface area contributed by atoms with Gasteiger partial charge in [0, 0.05) is 6.42 Å². The normalized spacial score (nSPS) is 29.1. The van der Waals surface area contributed by atoms with Gasteiger partial charge in [-0.15, -0.1) is 0 Å². The fraction of sp³-hybridized carbons (Fsp3) is 0.478. The molecule has 2 aromatic rings. The van der Waals surface area contributed by atoms with Gasteiger partial charge in [0.25, 0.3) is 0 Å². The highest BCUT2D eigenvalue weighted by molar-refractivity contribution is 5.45. The second kappa shape index (κ2) is 8.13. The van der Waals surface area contributed by atoms with E-state index in [-0.39, 0.29) is 5.82 Å². The molecule has 1 saturated heterocycles. The summed E-state index contributed by atoms with van der Waals surface area (Å²) in [4.78, 5) is 0. The third-order valence-electron chi connectivity index (χ3n) is 6.14. The second-order valence-electron chi connectivity index (χ2n) is 8.19. The van der Waals surface area contributed by atoms with Crippen LogP contribution in [0.1, 0.15) is 45.9 Å². The average Bonchev–Trinajstić information content (AvgIpc) is 3.17. The van der Waals surface area contributed by atoms with Crippen LogP contribution in [0.25, 0.3) is 0 Å². The topological polar surface area (TPSA) is 90.2 Å². The summed E-state index contributed by atoms with van der Waals surface area (Å²) in [6, 6.07) is 9.07. The van der Waals surface area contributed by atoms with Gasteiger partial charge in [0.05, 0.1) is 6.61 Å². The molecule has 0 saturated carbocycles. The number of fused-ring (bicyclic) bond motifs is 1. The number of ether oxygens (including phenoxy) is 1. The molecular formula is C23H27FO5. The Balaban J connectivity index is 1.71. The number of aryl methyl sites for hydroxylation is 2. The molecule has 4 rings (SSSR count). The molecule has 0 aromatic heterocycles. The van der Waals surface area contributed by atoms with Gasteiger partial charge in [-0.1, -0.05) is 24.3 Å². The first-order chi connectivity index (χ1) is 13.9. The number of hydrogen-bond acceptors (Lipinski definition) is 5. The predicted octanol–water partition coefficient (Wildman–Crippen LogP) is 1.73. The number of benzene rings is 2. The van der Waals surface area contributed by atoms with Crippen LogP contribution in [0, 0.1) is 12.7 Å². The molecule has 0 radical (unpaired) electrons. The first kappa shape index (κ1) is 20.4. The van der Waals surface area contributed by atoms with Gasteiger partial charge in [-0.3, -0.25) is 0 Å². The molecule has 1 heterocycles. The van der Waals surface area contributed by atoms with Gasteiger partial charge in [-0.25, -0.2) is 4.39 Å². The third-order valence-corrected chi connectivity index (χ3v) is 6.14. The zero-order valence-corrected chi connectivity index (χ0v) is 16.4. The molecular weight excluding hydrogens is 375 g/mol. The predicted molar refractivity (Wildman–Crippen MR) is 105 cm³/mol. The van der Waals surface area contributed by atoms with Crippen LogP contribution in [-0.4, -0.2) is 51.4 Å². The highest BCUT2D eigenvalue weighted by Gasteiger charge is 2.44. The smallest absolute Gasteiger partial charge is 0.126 e. The maximum Gasteiger partial charge on any atom is 0.126 e. The maximum atomic E-state index is 14.4. The Morgan fingerprint density at radius 2 is 1.79 bits per heavy atom. The van der Waals surface area contributed by atoms with Crippen molar-refractivity contribution in [3.8, 4) is 0 Å². The fourth-order valence-electron chi connectivity index (χ4n) is 4.52. The molecule has 5 atom stereocenters. The van der Waals surface area contributed by atoms with Gasteiger partial charge in [0.15, 0.2) is 0 Å². The largest absolute Gasteiger partial charge is 0.394 e. The van der Waals surface area contributed by atoms with Crippen molar-refractivity contribution in [2.24, 2.45) is 0 Å². The lowest BCUT2D eigenvalue weighted by Crippen LogP contribution is -2.55. The van der Waals surface area contributed by atoms with Gasteiger partial charge in [0.1, 0.15) is 36.3 Å². The average molecular weight is 402 g/mol. The molecule has 2 aromatic carbocycles. The van der Waals surface area contributed by atoms with Crippen molar-refractivity contribution < 1.29 is 29.6 Å². The van der Waals surface area contributed by atoms with E-state index in [1.165, 1.54) is 11.6 Å². The molecule has 2 aliphatic rings. The van der Waals surface area contributed by atoms with Crippen molar-refractivity contribution in [1.29, 1.82) is 0 Å². The van der Waals surface area contributed by atoms with Gasteiger partial charge < -0.3 is 25.2 Å². The zero-order valence-electron chi connectivity index (χ0n) is 16.4. The quantitative estimate of drug-likeness (QED) is 0.625. The van der Waals surface area contributed by atoms with E-state index >= 15 is 0 Å². The summed E-state index contributed by atoms with van der Waals surface area (Å²) in [5.74, 6) is -0.241. The van der Waals surface area contributed by atoms with Crippen LogP contribution in [0.4, 0.5) is 4.39 Å². The SMILES string of the molecule is Cc1ccc(Cc2cc([C@@H]3O[C@H](CO)[C@@H](O)[C@H](O)[C@H]3O)cc3c2CCC3)c(F)c1. The fourth-order valence-corrected chi connectivity index (χ4v) is 4.52. The summed E-state index contributed by atoms with van der Waals surface area (Å²) >= 11 is 0. The number of rotatable bonds is 4. The standard InChI is InChI=1S/C23H27FO5/c1-12-5-6-14(18(24)7-12)9-15-10-16(8-13-3-2-4-17(13)15)23-22(28)21(27)20(26)19(11-25)29-23/h5-8,10,19-23,25-28H,2-4,9,11H2,1H3/t19-,20-,21+,22-,23+/m1/s1. The Hall–Kier alpha value is -1.83. The van der Waals surface area contributed by atoms with Crippen molar-refractivity contribution in [1.82, 2.24) is 0 Å². The molecule has 5 nitrogen and oxygen atoms in total. The number of aliphatic hydroxyl groups excluding tert-OH is 4. The Labute approximate surface area is 169 Å². The van der Waals surface area contributed by atoms with E-state index in [0.717, 1.165) is 36.0 Å². The lowest BCUT2D eigenvalue weighted by Gasteiger charge is -2.40. The van der Waals surface area contributed by atoms with E-state index in [0.29, 0.717) is 17.5 Å². The van der Waals surface area contributed by atoms with Gasteiger partial charge in [0.2, 0.25) is 0 Å². The van der Waals surface area contributed by atoms with Crippen LogP contribution in [0.3, 0.4) is 0 Å². The van der Waals surface area contributed by atoms with E-state index in [9.17, 15) is 24.8 Å². The Kier molecular flexibility index (Phi) is 5.73. The van der Waals surface area contributed by atoms with E-state index in [2.05, 4.69) is 0 Å². The highest BCUT2D eigenvalue weighted by atomic mass is 19.1. The first-order valence-electron chi connectivity index (χ1n) is 10.1. The van der Waals surface area contributed by atoms with Crippen LogP contribution in [0.2, 0.25) is 0 Å². The van der Waals surface area contributed by atoms with Crippen LogP contribution in [0.5, 0.6) is 0 Å². The lowest BCUT2D eigenvalue weighted by molar-refractivity contribution is -0.231. The minimum atomic E-state index is -1.42. The monoisotopic (exact) mass is 402 g/mol. The molecule has 4 N–H and O–H groups in total. The summed E-state index contributed by atoms with van der Waals surface area (Å²) in [5.41, 5.74) is 5.47. The van der Waals surface area contributed by atoms with Crippen LogP contribution in [0.15, 0.2) is 30.3 Å². The van der Waals surface area contributed by atoms with Gasteiger partial charge in [-0.05, 0) is 65.6 Å². The Morgan fingerprint density at radius 1 is 1.00 bits per heavy atom. The lowest BCUT2D eigenvalue weighted by atomic mass is 9.87. The number of halogens is 1. The van der Waals surface area contributed by atoms with Crippen molar-refractivity contribution in [2.45, 2.75) is 63.1 Å². The summed E-state index contributed by atoms with van der Waals surface area (Å²) in [5, 5.41) is 40.2. The van der Waals surface area contributed by atoms with Crippen LogP contribution in [-0.2, 0) is 24.0 Å². The third kappa shape index (κ3) is 3.83. The molecule has 0 spiro atoms. The minimum Gasteiger partial charge on any atom is -0.394 e. The molecule has 1 fully saturated rings. The molecule has 1 aliphatic carbocycles. The molecule has 0 amide bonds. The highest BCUT2D eigenvalue weighted by Crippen LogP contribution is 2.37. The Morgan fingerprint density at radius 3 is 2.52 bits per heavy atom. The van der Waals surface area contributed by atoms with Crippen molar-refractivity contribution in [2.75, 3.05) is 6.61 Å². The molecule has 0 bridgehead atoms. The zero-order chi connectivity index (χ0) is 20.7.